The van der Waals surface area contributed by atoms with Gasteiger partial charge in [-0.15, -0.1) is 0 Å². The molecule has 1 atom stereocenters. The van der Waals surface area contributed by atoms with Crippen molar-refractivity contribution in [1.82, 2.24) is 0 Å². The van der Waals surface area contributed by atoms with Crippen molar-refractivity contribution in [2.75, 3.05) is 5.01 Å². The number of furan rings is 1. The molecule has 0 saturated heterocycles. The summed E-state index contributed by atoms with van der Waals surface area (Å²) in [4.78, 5) is 0. The molecule has 0 N–H and O–H groups in total. The number of aryl methyl sites for hydroxylation is 4. The molecule has 0 aliphatic carbocycles. The minimum Gasteiger partial charge on any atom is -0.464 e. The number of hydrazone groups is 1. The maximum atomic E-state index is 5.96. The van der Waals surface area contributed by atoms with Crippen LogP contribution in [0.4, 0.5) is 5.69 Å². The first-order chi connectivity index (χ1) is 12.5. The topological polar surface area (TPSA) is 28.7 Å². The molecule has 1 unspecified atom stereocenters. The Morgan fingerprint density at radius 3 is 2.31 bits per heavy atom. The fraction of sp³-hybridized carbons (Fsp3) is 0.261. The average molecular weight is 344 g/mol. The van der Waals surface area contributed by atoms with Gasteiger partial charge < -0.3 is 4.42 Å². The van der Waals surface area contributed by atoms with E-state index in [1.165, 1.54) is 22.3 Å². The van der Waals surface area contributed by atoms with Crippen molar-refractivity contribution in [2.24, 2.45) is 5.10 Å². The highest BCUT2D eigenvalue weighted by Gasteiger charge is 2.32. The van der Waals surface area contributed by atoms with E-state index in [1.54, 1.807) is 0 Å². The average Bonchev–Trinajstić information content (AvgIpc) is 3.25. The Morgan fingerprint density at radius 2 is 1.62 bits per heavy atom. The van der Waals surface area contributed by atoms with Crippen molar-refractivity contribution in [3.8, 4) is 0 Å². The number of hydrogen-bond acceptors (Lipinski definition) is 3. The first-order valence-corrected chi connectivity index (χ1v) is 9.09. The summed E-state index contributed by atoms with van der Waals surface area (Å²) in [5.74, 6) is 1.90. The molecule has 0 saturated carbocycles. The normalized spacial score (nSPS) is 16.8. The van der Waals surface area contributed by atoms with Crippen molar-refractivity contribution in [3.05, 3.63) is 88.4 Å². The Labute approximate surface area is 155 Å². The summed E-state index contributed by atoms with van der Waals surface area (Å²) in [6.45, 7) is 8.48. The van der Waals surface area contributed by atoms with E-state index >= 15 is 0 Å². The molecule has 1 aliphatic heterocycles. The van der Waals surface area contributed by atoms with Crippen LogP contribution in [0.1, 0.15) is 46.2 Å². The van der Waals surface area contributed by atoms with E-state index < -0.39 is 0 Å². The lowest BCUT2D eigenvalue weighted by atomic mass is 9.95. The summed E-state index contributed by atoms with van der Waals surface area (Å²) in [7, 11) is 0. The van der Waals surface area contributed by atoms with E-state index in [4.69, 9.17) is 9.52 Å². The molecular formula is C23H24N2O. The molecule has 3 heteroatoms. The van der Waals surface area contributed by atoms with Crippen LogP contribution in [0.3, 0.4) is 0 Å². The predicted octanol–water partition coefficient (Wildman–Crippen LogP) is 5.87. The summed E-state index contributed by atoms with van der Waals surface area (Å²) in [6.07, 6.45) is 0.838. The summed E-state index contributed by atoms with van der Waals surface area (Å²) in [6, 6.07) is 19.0. The van der Waals surface area contributed by atoms with Crippen LogP contribution in [0.25, 0.3) is 0 Å². The van der Waals surface area contributed by atoms with Crippen LogP contribution in [-0.2, 0) is 0 Å². The van der Waals surface area contributed by atoms with E-state index in [0.717, 1.165) is 29.3 Å². The third kappa shape index (κ3) is 2.94. The minimum atomic E-state index is 0.0853. The van der Waals surface area contributed by atoms with E-state index in [1.807, 2.05) is 19.1 Å². The Morgan fingerprint density at radius 1 is 0.885 bits per heavy atom. The highest BCUT2D eigenvalue weighted by atomic mass is 16.3. The number of para-hydroxylation sites is 1. The van der Waals surface area contributed by atoms with Gasteiger partial charge in [-0.1, -0.05) is 24.3 Å². The summed E-state index contributed by atoms with van der Waals surface area (Å²) in [5, 5.41) is 7.12. The molecule has 3 aromatic rings. The zero-order valence-electron chi connectivity index (χ0n) is 15.8. The highest BCUT2D eigenvalue weighted by molar-refractivity contribution is 6.04. The van der Waals surface area contributed by atoms with Crippen molar-refractivity contribution in [3.63, 3.8) is 0 Å². The fourth-order valence-electron chi connectivity index (χ4n) is 3.62. The van der Waals surface area contributed by atoms with Gasteiger partial charge in [-0.2, -0.15) is 5.10 Å². The van der Waals surface area contributed by atoms with E-state index in [0.29, 0.717) is 0 Å². The van der Waals surface area contributed by atoms with E-state index in [9.17, 15) is 0 Å². The van der Waals surface area contributed by atoms with Crippen molar-refractivity contribution in [2.45, 2.75) is 40.2 Å². The molecule has 1 aliphatic rings. The third-order valence-electron chi connectivity index (χ3n) is 5.17. The van der Waals surface area contributed by atoms with Crippen LogP contribution >= 0.6 is 0 Å². The molecule has 0 fully saturated rings. The van der Waals surface area contributed by atoms with Crippen molar-refractivity contribution < 1.29 is 4.42 Å². The Hall–Kier alpha value is -2.81. The molecule has 3 nitrogen and oxygen atoms in total. The number of benzene rings is 2. The van der Waals surface area contributed by atoms with Gasteiger partial charge in [0.05, 0.1) is 11.4 Å². The number of anilines is 1. The van der Waals surface area contributed by atoms with Crippen LogP contribution in [0, 0.1) is 27.7 Å². The molecule has 0 bridgehead atoms. The van der Waals surface area contributed by atoms with Gasteiger partial charge in [0.15, 0.2) is 0 Å². The molecule has 26 heavy (non-hydrogen) atoms. The maximum absolute atomic E-state index is 5.96. The lowest BCUT2D eigenvalue weighted by Crippen LogP contribution is -2.17. The van der Waals surface area contributed by atoms with Crippen LogP contribution in [0.2, 0.25) is 0 Å². The predicted molar refractivity (Wildman–Crippen MR) is 107 cm³/mol. The first kappa shape index (κ1) is 16.6. The molecular weight excluding hydrogens is 320 g/mol. The minimum absolute atomic E-state index is 0.0853. The molecule has 1 aromatic heterocycles. The number of nitrogens with zero attached hydrogens (tertiary/aromatic N) is 2. The second kappa shape index (κ2) is 6.49. The van der Waals surface area contributed by atoms with Crippen LogP contribution < -0.4 is 5.01 Å². The second-order valence-corrected chi connectivity index (χ2v) is 7.15. The van der Waals surface area contributed by atoms with Gasteiger partial charge in [0.2, 0.25) is 0 Å². The SMILES string of the molecule is Cc1ccc(C2CC(c3cc(C)c(C)cc3C)=NN2c2ccccc2)o1. The Kier molecular flexibility index (Phi) is 4.15. The summed E-state index contributed by atoms with van der Waals surface area (Å²) in [5.41, 5.74) is 7.34. The fourth-order valence-corrected chi connectivity index (χ4v) is 3.62. The van der Waals surface area contributed by atoms with Crippen LogP contribution in [-0.4, -0.2) is 5.71 Å². The highest BCUT2D eigenvalue weighted by Crippen LogP contribution is 2.37. The molecule has 0 spiro atoms. The maximum Gasteiger partial charge on any atom is 0.129 e. The van der Waals surface area contributed by atoms with Gasteiger partial charge >= 0.3 is 0 Å². The molecule has 132 valence electrons. The lowest BCUT2D eigenvalue weighted by Gasteiger charge is -2.21. The second-order valence-electron chi connectivity index (χ2n) is 7.15. The smallest absolute Gasteiger partial charge is 0.129 e. The van der Waals surface area contributed by atoms with Gasteiger partial charge in [0.25, 0.3) is 0 Å². The third-order valence-corrected chi connectivity index (χ3v) is 5.17. The summed E-state index contributed by atoms with van der Waals surface area (Å²) >= 11 is 0. The van der Waals surface area contributed by atoms with Gasteiger partial charge in [-0.3, -0.25) is 5.01 Å². The van der Waals surface area contributed by atoms with Crippen molar-refractivity contribution in [1.29, 1.82) is 0 Å². The lowest BCUT2D eigenvalue weighted by molar-refractivity contribution is 0.445. The standard InChI is InChI=1S/C23H24N2O/c1-15-12-17(3)20(13-16(15)2)21-14-22(23-11-10-18(4)26-23)25(24-21)19-8-6-5-7-9-19/h5-13,22H,14H2,1-4H3. The van der Waals surface area contributed by atoms with E-state index in [-0.39, 0.29) is 6.04 Å². The Bertz CT molecular complexity index is 969. The number of rotatable bonds is 3. The molecule has 2 heterocycles. The quantitative estimate of drug-likeness (QED) is 0.594. The molecule has 0 radical (unpaired) electrons. The summed E-state index contributed by atoms with van der Waals surface area (Å²) < 4.78 is 5.96. The van der Waals surface area contributed by atoms with E-state index in [2.05, 4.69) is 68.2 Å². The van der Waals surface area contributed by atoms with Crippen molar-refractivity contribution >= 4 is 11.4 Å². The largest absolute Gasteiger partial charge is 0.464 e. The Balaban J connectivity index is 1.79. The van der Waals surface area contributed by atoms with Gasteiger partial charge in [0, 0.05) is 12.0 Å². The van der Waals surface area contributed by atoms with Crippen LogP contribution in [0.15, 0.2) is 64.1 Å². The monoisotopic (exact) mass is 344 g/mol. The first-order valence-electron chi connectivity index (χ1n) is 9.09. The van der Waals surface area contributed by atoms with Gasteiger partial charge in [0.1, 0.15) is 17.6 Å². The van der Waals surface area contributed by atoms with Gasteiger partial charge in [-0.25, -0.2) is 0 Å². The molecule has 4 rings (SSSR count). The molecule has 2 aromatic carbocycles. The molecule has 0 amide bonds. The zero-order valence-corrected chi connectivity index (χ0v) is 15.8. The number of hydrogen-bond donors (Lipinski definition) is 0. The van der Waals surface area contributed by atoms with Crippen LogP contribution in [0.5, 0.6) is 0 Å². The van der Waals surface area contributed by atoms with Gasteiger partial charge in [-0.05, 0) is 74.7 Å². The zero-order chi connectivity index (χ0) is 18.3.